The fraction of sp³-hybridized carbons (Fsp3) is 0.120. The van der Waals surface area contributed by atoms with Gasteiger partial charge in [-0.05, 0) is 61.0 Å². The Bertz CT molecular complexity index is 1270. The van der Waals surface area contributed by atoms with Crippen LogP contribution >= 0.6 is 11.8 Å². The largest absolute Gasteiger partial charge is 0.484 e. The van der Waals surface area contributed by atoms with Crippen molar-refractivity contribution in [2.24, 2.45) is 5.10 Å². The molecule has 0 radical (unpaired) electrons. The van der Waals surface area contributed by atoms with Crippen molar-refractivity contribution in [2.45, 2.75) is 12.1 Å². The van der Waals surface area contributed by atoms with Crippen molar-refractivity contribution in [3.05, 3.63) is 83.9 Å². The number of hydrogen-bond acceptors (Lipinski definition) is 6. The summed E-state index contributed by atoms with van der Waals surface area (Å²) in [6.07, 6.45) is 1.54. The Kier molecular flexibility index (Phi) is 7.56. The molecule has 0 fully saturated rings. The van der Waals surface area contributed by atoms with Crippen LogP contribution in [0.5, 0.6) is 5.75 Å². The first-order valence-electron chi connectivity index (χ1n) is 10.5. The van der Waals surface area contributed by atoms with Crippen molar-refractivity contribution in [1.82, 2.24) is 15.4 Å². The zero-order chi connectivity index (χ0) is 23.8. The topological polar surface area (TPSA) is 108 Å². The van der Waals surface area contributed by atoms with E-state index in [4.69, 9.17) is 4.74 Å². The molecular weight excluding hydrogens is 450 g/mol. The number of thioether (sulfide) groups is 1. The number of hydrogen-bond donors (Lipinski definition) is 3. The zero-order valence-corrected chi connectivity index (χ0v) is 19.3. The molecular formula is C25H23N5O3S. The number of imidazole rings is 1. The third-order valence-corrected chi connectivity index (χ3v) is 5.57. The van der Waals surface area contributed by atoms with Crippen LogP contribution in [0.15, 0.2) is 83.1 Å². The first kappa shape index (κ1) is 23.1. The fourth-order valence-electron chi connectivity index (χ4n) is 2.98. The number of nitrogens with zero attached hydrogens (tertiary/aromatic N) is 2. The standard InChI is InChI=1S/C25H23N5O3S/c1-17-6-10-19(11-7-17)27-23(31)15-33-20-12-8-18(9-13-20)14-26-30-24(32)16-34-25-28-21-4-2-3-5-22(21)29-25/h2-14H,15-16H2,1H3,(H,27,31)(H,28,29)(H,30,32)/b26-14-. The van der Waals surface area contributed by atoms with Gasteiger partial charge in [0.2, 0.25) is 0 Å². The van der Waals surface area contributed by atoms with Crippen LogP contribution in [-0.2, 0) is 9.59 Å². The lowest BCUT2D eigenvalue weighted by Crippen LogP contribution is -2.20. The summed E-state index contributed by atoms with van der Waals surface area (Å²) in [5.41, 5.74) is 6.93. The molecule has 1 aromatic heterocycles. The number of aryl methyl sites for hydroxylation is 1. The van der Waals surface area contributed by atoms with Crippen LogP contribution in [0.25, 0.3) is 11.0 Å². The molecule has 4 rings (SSSR count). The number of benzene rings is 3. The van der Waals surface area contributed by atoms with Gasteiger partial charge in [-0.15, -0.1) is 0 Å². The number of para-hydroxylation sites is 2. The zero-order valence-electron chi connectivity index (χ0n) is 18.4. The van der Waals surface area contributed by atoms with Crippen molar-refractivity contribution in [1.29, 1.82) is 0 Å². The van der Waals surface area contributed by atoms with Crippen molar-refractivity contribution in [3.63, 3.8) is 0 Å². The van der Waals surface area contributed by atoms with E-state index in [1.54, 1.807) is 24.3 Å². The molecule has 1 heterocycles. The van der Waals surface area contributed by atoms with Crippen LogP contribution in [0.3, 0.4) is 0 Å². The number of aromatic nitrogens is 2. The number of amides is 2. The highest BCUT2D eigenvalue weighted by Gasteiger charge is 2.06. The van der Waals surface area contributed by atoms with Gasteiger partial charge in [0.05, 0.1) is 23.0 Å². The second-order valence-corrected chi connectivity index (χ2v) is 8.38. The number of aromatic amines is 1. The van der Waals surface area contributed by atoms with E-state index in [0.717, 1.165) is 27.8 Å². The maximum atomic E-state index is 12.0. The van der Waals surface area contributed by atoms with E-state index in [0.29, 0.717) is 10.9 Å². The summed E-state index contributed by atoms with van der Waals surface area (Å²) >= 11 is 1.31. The van der Waals surface area contributed by atoms with Crippen LogP contribution in [0, 0.1) is 6.92 Å². The average molecular weight is 474 g/mol. The van der Waals surface area contributed by atoms with Gasteiger partial charge in [0, 0.05) is 5.69 Å². The number of nitrogens with one attached hydrogen (secondary N) is 3. The lowest BCUT2D eigenvalue weighted by molar-refractivity contribution is -0.119. The van der Waals surface area contributed by atoms with Crippen LogP contribution in [0.2, 0.25) is 0 Å². The van der Waals surface area contributed by atoms with E-state index in [2.05, 4.69) is 25.8 Å². The molecule has 4 aromatic rings. The van der Waals surface area contributed by atoms with Crippen molar-refractivity contribution in [2.75, 3.05) is 17.7 Å². The number of hydrazone groups is 1. The van der Waals surface area contributed by atoms with Gasteiger partial charge < -0.3 is 15.0 Å². The van der Waals surface area contributed by atoms with Crippen LogP contribution in [-0.4, -0.2) is 40.4 Å². The number of carbonyl (C=O) groups excluding carboxylic acids is 2. The average Bonchev–Trinajstić information content (AvgIpc) is 3.27. The first-order chi connectivity index (χ1) is 16.5. The van der Waals surface area contributed by atoms with Gasteiger partial charge in [-0.3, -0.25) is 9.59 Å². The predicted molar refractivity (Wildman–Crippen MR) is 134 cm³/mol. The highest BCUT2D eigenvalue weighted by atomic mass is 32.2. The summed E-state index contributed by atoms with van der Waals surface area (Å²) in [6, 6.07) is 22.3. The minimum Gasteiger partial charge on any atom is -0.484 e. The van der Waals surface area contributed by atoms with E-state index >= 15 is 0 Å². The summed E-state index contributed by atoms with van der Waals surface area (Å²) < 4.78 is 5.52. The second-order valence-electron chi connectivity index (χ2n) is 7.41. The van der Waals surface area contributed by atoms with Crippen LogP contribution < -0.4 is 15.5 Å². The number of fused-ring (bicyclic) bond motifs is 1. The summed E-state index contributed by atoms with van der Waals surface area (Å²) in [5.74, 6) is 0.274. The monoisotopic (exact) mass is 473 g/mol. The maximum Gasteiger partial charge on any atom is 0.262 e. The number of ether oxygens (including phenoxy) is 1. The Morgan fingerprint density at radius 3 is 2.56 bits per heavy atom. The molecule has 0 aliphatic heterocycles. The molecule has 2 amide bonds. The molecule has 3 N–H and O–H groups in total. The summed E-state index contributed by atoms with van der Waals surface area (Å²) in [4.78, 5) is 31.6. The molecule has 0 unspecified atom stereocenters. The second kappa shape index (κ2) is 11.2. The molecule has 0 spiro atoms. The normalized spacial score (nSPS) is 11.0. The van der Waals surface area contributed by atoms with Gasteiger partial charge >= 0.3 is 0 Å². The quantitative estimate of drug-likeness (QED) is 0.192. The molecule has 0 aliphatic carbocycles. The van der Waals surface area contributed by atoms with E-state index < -0.39 is 0 Å². The Balaban J connectivity index is 1.18. The van der Waals surface area contributed by atoms with Crippen molar-refractivity contribution >= 4 is 46.5 Å². The fourth-order valence-corrected chi connectivity index (χ4v) is 3.65. The molecule has 9 heteroatoms. The van der Waals surface area contributed by atoms with Gasteiger partial charge in [0.15, 0.2) is 11.8 Å². The number of carbonyl (C=O) groups is 2. The number of H-pyrrole nitrogens is 1. The lowest BCUT2D eigenvalue weighted by Gasteiger charge is -2.08. The lowest BCUT2D eigenvalue weighted by atomic mass is 10.2. The van der Waals surface area contributed by atoms with Gasteiger partial charge in [-0.1, -0.05) is 41.6 Å². The van der Waals surface area contributed by atoms with Gasteiger partial charge in [-0.25, -0.2) is 10.4 Å². The van der Waals surface area contributed by atoms with Gasteiger partial charge in [0.25, 0.3) is 11.8 Å². The Labute approximate surface area is 200 Å². The Hall–Kier alpha value is -4.11. The third-order valence-electron chi connectivity index (χ3n) is 4.70. The van der Waals surface area contributed by atoms with Gasteiger partial charge in [0.1, 0.15) is 5.75 Å². The molecule has 0 saturated heterocycles. The molecule has 8 nitrogen and oxygen atoms in total. The number of rotatable bonds is 9. The van der Waals surface area contributed by atoms with Gasteiger partial charge in [-0.2, -0.15) is 5.10 Å². The highest BCUT2D eigenvalue weighted by Crippen LogP contribution is 2.18. The first-order valence-corrected chi connectivity index (χ1v) is 11.5. The highest BCUT2D eigenvalue weighted by molar-refractivity contribution is 7.99. The minimum atomic E-state index is -0.238. The number of anilines is 1. The summed E-state index contributed by atoms with van der Waals surface area (Å²) in [5, 5.41) is 7.45. The molecule has 0 saturated carbocycles. The SMILES string of the molecule is Cc1ccc(NC(=O)COc2ccc(/C=N\NC(=O)CSc3nc4ccccc4[nH]3)cc2)cc1. The van der Waals surface area contributed by atoms with E-state index in [1.165, 1.54) is 18.0 Å². The van der Waals surface area contributed by atoms with E-state index in [1.807, 2.05) is 55.5 Å². The molecule has 0 atom stereocenters. The van der Waals surface area contributed by atoms with Crippen LogP contribution in [0.4, 0.5) is 5.69 Å². The predicted octanol–water partition coefficient (Wildman–Crippen LogP) is 4.13. The Morgan fingerprint density at radius 2 is 1.79 bits per heavy atom. The molecule has 0 bridgehead atoms. The molecule has 34 heavy (non-hydrogen) atoms. The maximum absolute atomic E-state index is 12.0. The summed E-state index contributed by atoms with van der Waals surface area (Å²) in [7, 11) is 0. The third kappa shape index (κ3) is 6.69. The van der Waals surface area contributed by atoms with E-state index in [-0.39, 0.29) is 24.2 Å². The van der Waals surface area contributed by atoms with E-state index in [9.17, 15) is 9.59 Å². The van der Waals surface area contributed by atoms with Crippen molar-refractivity contribution < 1.29 is 14.3 Å². The smallest absolute Gasteiger partial charge is 0.262 e. The molecule has 0 aliphatic rings. The molecule has 172 valence electrons. The van der Waals surface area contributed by atoms with Crippen LogP contribution in [0.1, 0.15) is 11.1 Å². The molecule has 3 aromatic carbocycles. The minimum absolute atomic E-state index is 0.0970. The summed E-state index contributed by atoms with van der Waals surface area (Å²) in [6.45, 7) is 1.89. The van der Waals surface area contributed by atoms with Crippen molar-refractivity contribution in [3.8, 4) is 5.75 Å². The Morgan fingerprint density at radius 1 is 1.03 bits per heavy atom.